The number of carbonyl (C=O) groups is 1. The summed E-state index contributed by atoms with van der Waals surface area (Å²) in [5, 5.41) is 13.4. The summed E-state index contributed by atoms with van der Waals surface area (Å²) in [4.78, 5) is 11.3. The third kappa shape index (κ3) is 7.54. The third-order valence-corrected chi connectivity index (χ3v) is 6.19. The van der Waals surface area contributed by atoms with Crippen molar-refractivity contribution in [2.75, 3.05) is 19.5 Å². The summed E-state index contributed by atoms with van der Waals surface area (Å²) >= 11 is 0. The van der Waals surface area contributed by atoms with Gasteiger partial charge >= 0.3 is 5.97 Å². The van der Waals surface area contributed by atoms with Crippen LogP contribution in [0.25, 0.3) is 0 Å². The first-order valence-corrected chi connectivity index (χ1v) is 12.5. The van der Waals surface area contributed by atoms with Gasteiger partial charge in [-0.05, 0) is 99.6 Å². The molecule has 0 bridgehead atoms. The van der Waals surface area contributed by atoms with Crippen molar-refractivity contribution in [2.24, 2.45) is 0 Å². The Hall–Kier alpha value is -2.95. The second kappa shape index (κ2) is 12.5. The second-order valence-electron chi connectivity index (χ2n) is 8.10. The van der Waals surface area contributed by atoms with Gasteiger partial charge in [0.1, 0.15) is 23.7 Å². The van der Waals surface area contributed by atoms with Crippen LogP contribution in [0.3, 0.4) is 0 Å². The summed E-state index contributed by atoms with van der Waals surface area (Å²) in [5.74, 6) is 0.504. The molecule has 3 aromatic carbocycles. The van der Waals surface area contributed by atoms with Crippen molar-refractivity contribution in [1.29, 1.82) is 0 Å². The molecule has 0 saturated carbocycles. The molecule has 0 aromatic heterocycles. The molecule has 0 saturated heterocycles. The maximum absolute atomic E-state index is 13.2. The van der Waals surface area contributed by atoms with Crippen LogP contribution in [0.1, 0.15) is 40.3 Å². The Labute approximate surface area is 202 Å². The van der Waals surface area contributed by atoms with Gasteiger partial charge in [-0.2, -0.15) is 0 Å². The van der Waals surface area contributed by atoms with E-state index in [9.17, 15) is 14.3 Å². The van der Waals surface area contributed by atoms with E-state index in [-0.39, 0.29) is 24.1 Å². The van der Waals surface area contributed by atoms with Crippen molar-refractivity contribution >= 4 is 14.7 Å². The van der Waals surface area contributed by atoms with Crippen LogP contribution >= 0.6 is 8.73 Å². The van der Waals surface area contributed by atoms with Gasteiger partial charge in [0.05, 0.1) is 13.2 Å². The Balaban J connectivity index is 1.62. The first kappa shape index (κ1) is 25.7. The molecular formula is C27H31FNO4P. The van der Waals surface area contributed by atoms with Gasteiger partial charge in [-0.15, -0.1) is 0 Å². The van der Waals surface area contributed by atoms with E-state index >= 15 is 0 Å². The maximum atomic E-state index is 13.2. The second-order valence-corrected chi connectivity index (χ2v) is 9.10. The zero-order valence-corrected chi connectivity index (χ0v) is 20.8. The lowest BCUT2D eigenvalue weighted by atomic mass is 9.93. The Kier molecular flexibility index (Phi) is 9.43. The smallest absolute Gasteiger partial charge is 0.320 e. The summed E-state index contributed by atoms with van der Waals surface area (Å²) in [6.07, 6.45) is 1.75. The molecule has 5 nitrogen and oxygen atoms in total. The number of halogens is 1. The van der Waals surface area contributed by atoms with Gasteiger partial charge in [0, 0.05) is 6.42 Å². The number of aryl methyl sites for hydroxylation is 2. The highest BCUT2D eigenvalue weighted by molar-refractivity contribution is 7.35. The molecule has 34 heavy (non-hydrogen) atoms. The number of esters is 1. The van der Waals surface area contributed by atoms with E-state index in [1.807, 2.05) is 24.3 Å². The average molecular weight is 484 g/mol. The molecule has 0 heterocycles. The molecule has 1 unspecified atom stereocenters. The van der Waals surface area contributed by atoms with Gasteiger partial charge in [-0.3, -0.25) is 9.88 Å². The predicted octanol–water partition coefficient (Wildman–Crippen LogP) is 5.41. The van der Waals surface area contributed by atoms with Crippen molar-refractivity contribution in [2.45, 2.75) is 33.6 Å². The number of phenols is 1. The number of nitrogens with one attached hydrogen (secondary N) is 1. The van der Waals surface area contributed by atoms with Gasteiger partial charge in [-0.25, -0.2) is 4.39 Å². The standard InChI is InChI=1S/C27H31FNO4P/c1-4-32-27(31)16-29-34-17-33-24-11-18(2)25(19(3)12-24)15-21-7-10-26(30)22(14-21)13-20-5-8-23(28)9-6-20/h5-12,14,29-30,34H,4,13,15-17H2,1-3H3. The van der Waals surface area contributed by atoms with Crippen molar-refractivity contribution < 1.29 is 23.8 Å². The Bertz CT molecular complexity index is 1100. The molecule has 1 atom stereocenters. The zero-order chi connectivity index (χ0) is 24.5. The van der Waals surface area contributed by atoms with Crippen molar-refractivity contribution in [3.05, 3.63) is 93.8 Å². The Morgan fingerprint density at radius 2 is 1.68 bits per heavy atom. The van der Waals surface area contributed by atoms with E-state index in [2.05, 4.69) is 18.9 Å². The molecule has 3 aromatic rings. The van der Waals surface area contributed by atoms with E-state index in [4.69, 9.17) is 9.47 Å². The van der Waals surface area contributed by atoms with Crippen LogP contribution in [0.15, 0.2) is 54.6 Å². The number of ether oxygens (including phenoxy) is 2. The Morgan fingerprint density at radius 3 is 2.35 bits per heavy atom. The van der Waals surface area contributed by atoms with Crippen LogP contribution in [0.5, 0.6) is 11.5 Å². The van der Waals surface area contributed by atoms with E-state index < -0.39 is 0 Å². The molecular weight excluding hydrogens is 452 g/mol. The first-order valence-electron chi connectivity index (χ1n) is 11.2. The van der Waals surface area contributed by atoms with Crippen LogP contribution < -0.4 is 9.82 Å². The number of aromatic hydroxyl groups is 1. The normalized spacial score (nSPS) is 11.2. The molecule has 0 radical (unpaired) electrons. The summed E-state index contributed by atoms with van der Waals surface area (Å²) in [6.45, 7) is 6.48. The quantitative estimate of drug-likeness (QED) is 0.217. The number of carbonyl (C=O) groups excluding carboxylic acids is 1. The highest BCUT2D eigenvalue weighted by atomic mass is 31.1. The fourth-order valence-electron chi connectivity index (χ4n) is 3.75. The minimum absolute atomic E-state index is 0.183. The minimum atomic E-state index is -0.270. The van der Waals surface area contributed by atoms with E-state index in [0.29, 0.717) is 28.1 Å². The molecule has 2 N–H and O–H groups in total. The van der Waals surface area contributed by atoms with Crippen LogP contribution in [0.2, 0.25) is 0 Å². The summed E-state index contributed by atoms with van der Waals surface area (Å²) < 4.78 is 23.9. The Morgan fingerprint density at radius 1 is 1.00 bits per heavy atom. The monoisotopic (exact) mass is 483 g/mol. The van der Waals surface area contributed by atoms with Gasteiger partial charge in [-0.1, -0.05) is 24.3 Å². The van der Waals surface area contributed by atoms with Crippen molar-refractivity contribution in [1.82, 2.24) is 5.09 Å². The van der Waals surface area contributed by atoms with Gasteiger partial charge in [0.15, 0.2) is 0 Å². The third-order valence-electron chi connectivity index (χ3n) is 5.48. The molecule has 0 fully saturated rings. The van der Waals surface area contributed by atoms with Gasteiger partial charge < -0.3 is 14.6 Å². The van der Waals surface area contributed by atoms with E-state index in [1.165, 1.54) is 17.7 Å². The summed E-state index contributed by atoms with van der Waals surface area (Å²) in [6, 6.07) is 16.1. The van der Waals surface area contributed by atoms with E-state index in [1.54, 1.807) is 25.1 Å². The van der Waals surface area contributed by atoms with Crippen LogP contribution in [-0.4, -0.2) is 30.6 Å². The zero-order valence-electron chi connectivity index (χ0n) is 19.8. The lowest BCUT2D eigenvalue weighted by Gasteiger charge is -2.15. The largest absolute Gasteiger partial charge is 0.508 e. The van der Waals surface area contributed by atoms with Crippen LogP contribution in [0, 0.1) is 19.7 Å². The topological polar surface area (TPSA) is 67.8 Å². The molecule has 0 spiro atoms. The number of hydrogen-bond acceptors (Lipinski definition) is 5. The van der Waals surface area contributed by atoms with E-state index in [0.717, 1.165) is 40.0 Å². The fraction of sp³-hybridized carbons (Fsp3) is 0.296. The molecule has 0 aliphatic heterocycles. The highest BCUT2D eigenvalue weighted by Crippen LogP contribution is 2.28. The lowest BCUT2D eigenvalue weighted by Crippen LogP contribution is -2.19. The number of benzene rings is 3. The van der Waals surface area contributed by atoms with Crippen molar-refractivity contribution in [3.63, 3.8) is 0 Å². The average Bonchev–Trinajstić information content (AvgIpc) is 2.80. The summed E-state index contributed by atoms with van der Waals surface area (Å²) in [5.41, 5.74) is 6.33. The van der Waals surface area contributed by atoms with Gasteiger partial charge in [0.25, 0.3) is 0 Å². The molecule has 7 heteroatoms. The fourth-order valence-corrected chi connectivity index (χ4v) is 4.36. The SMILES string of the molecule is CCOC(=O)CNPCOc1cc(C)c(Cc2ccc(O)c(Cc3ccc(F)cc3)c2)c(C)c1. The number of rotatable bonds is 11. The molecule has 0 aliphatic rings. The molecule has 180 valence electrons. The summed E-state index contributed by atoms with van der Waals surface area (Å²) in [7, 11) is 0.290. The molecule has 0 amide bonds. The van der Waals surface area contributed by atoms with Crippen molar-refractivity contribution in [3.8, 4) is 11.5 Å². The minimum Gasteiger partial charge on any atom is -0.508 e. The molecule has 3 rings (SSSR count). The van der Waals surface area contributed by atoms with Gasteiger partial charge in [0.2, 0.25) is 0 Å². The number of phenolic OH excluding ortho intramolecular Hbond substituents is 1. The lowest BCUT2D eigenvalue weighted by molar-refractivity contribution is -0.141. The number of hydrogen-bond donors (Lipinski definition) is 2. The predicted molar refractivity (Wildman–Crippen MR) is 134 cm³/mol. The maximum Gasteiger partial charge on any atom is 0.320 e. The first-order chi connectivity index (χ1) is 16.4. The molecule has 0 aliphatic carbocycles. The van der Waals surface area contributed by atoms with Crippen LogP contribution in [-0.2, 0) is 22.4 Å². The highest BCUT2D eigenvalue weighted by Gasteiger charge is 2.10. The van der Waals surface area contributed by atoms with Crippen LogP contribution in [0.4, 0.5) is 4.39 Å².